The highest BCUT2D eigenvalue weighted by molar-refractivity contribution is 5.66. The minimum Gasteiger partial charge on any atom is -0.481 e. The van der Waals surface area contributed by atoms with Gasteiger partial charge in [-0.25, -0.2) is 0 Å². The second-order valence-electron chi connectivity index (χ2n) is 8.58. The summed E-state index contributed by atoms with van der Waals surface area (Å²) in [7, 11) is 0. The number of carboxylic acid groups (broad SMARTS) is 1. The van der Waals surface area contributed by atoms with Gasteiger partial charge in [-0.1, -0.05) is 38.3 Å². The number of hydrogen-bond donors (Lipinski definition) is 3. The van der Waals surface area contributed by atoms with Gasteiger partial charge in [-0.2, -0.15) is 8.78 Å². The van der Waals surface area contributed by atoms with Gasteiger partial charge in [-0.3, -0.25) is 4.79 Å². The quantitative estimate of drug-likeness (QED) is 0.265. The summed E-state index contributed by atoms with van der Waals surface area (Å²) in [6, 6.07) is 0. The van der Waals surface area contributed by atoms with Crippen LogP contribution in [-0.4, -0.2) is 33.0 Å². The molecule has 3 N–H and O–H groups in total. The molecule has 6 heteroatoms. The average Bonchev–Trinajstić information content (AvgIpc) is 2.93. The van der Waals surface area contributed by atoms with Crippen LogP contribution in [0.2, 0.25) is 0 Å². The molecule has 1 radical (unpaired) electrons. The maximum Gasteiger partial charge on any atom is 0.316 e. The SMILES string of the molecule is CCCCCC(C)(O)CC[C@]1([C](F)F)CC[C@H](O)[C@@H]1C/C=C\CCCC(=O)O. The van der Waals surface area contributed by atoms with Crippen LogP contribution in [-0.2, 0) is 4.79 Å². The van der Waals surface area contributed by atoms with Crippen LogP contribution in [0.1, 0.15) is 90.9 Å². The van der Waals surface area contributed by atoms with Crippen LogP contribution in [0.3, 0.4) is 0 Å². The van der Waals surface area contributed by atoms with Gasteiger partial charge in [0.15, 0.2) is 0 Å². The Balaban J connectivity index is 2.69. The summed E-state index contributed by atoms with van der Waals surface area (Å²) >= 11 is 0. The highest BCUT2D eigenvalue weighted by Crippen LogP contribution is 2.56. The average molecular weight is 404 g/mol. The summed E-state index contributed by atoms with van der Waals surface area (Å²) in [6.45, 7) is 3.80. The van der Waals surface area contributed by atoms with Gasteiger partial charge in [-0.05, 0) is 64.2 Å². The zero-order valence-corrected chi connectivity index (χ0v) is 17.3. The van der Waals surface area contributed by atoms with E-state index in [4.69, 9.17) is 5.11 Å². The van der Waals surface area contributed by atoms with Crippen molar-refractivity contribution in [2.45, 2.75) is 103 Å². The second kappa shape index (κ2) is 11.9. The van der Waals surface area contributed by atoms with Crippen molar-refractivity contribution in [2.75, 3.05) is 0 Å². The molecular formula is C22H37F2O4. The molecule has 0 aromatic carbocycles. The highest BCUT2D eigenvalue weighted by atomic mass is 19.3. The molecular weight excluding hydrogens is 366 g/mol. The Kier molecular flexibility index (Phi) is 10.6. The minimum atomic E-state index is -1.64. The fourth-order valence-electron chi connectivity index (χ4n) is 4.29. The third kappa shape index (κ3) is 7.78. The van der Waals surface area contributed by atoms with E-state index in [0.29, 0.717) is 38.5 Å². The molecule has 0 aromatic heterocycles. The lowest BCUT2D eigenvalue weighted by molar-refractivity contribution is -0.137. The van der Waals surface area contributed by atoms with E-state index in [0.717, 1.165) is 19.3 Å². The number of allylic oxidation sites excluding steroid dienone is 2. The van der Waals surface area contributed by atoms with Gasteiger partial charge in [0.25, 0.3) is 0 Å². The van der Waals surface area contributed by atoms with Gasteiger partial charge in [0, 0.05) is 11.8 Å². The van der Waals surface area contributed by atoms with Crippen LogP contribution in [0.15, 0.2) is 12.2 Å². The van der Waals surface area contributed by atoms with Crippen LogP contribution < -0.4 is 0 Å². The zero-order chi connectivity index (χ0) is 21.2. The molecule has 1 aliphatic rings. The molecule has 0 bridgehead atoms. The van der Waals surface area contributed by atoms with E-state index in [1.54, 1.807) is 13.0 Å². The largest absolute Gasteiger partial charge is 0.481 e. The fourth-order valence-corrected chi connectivity index (χ4v) is 4.29. The molecule has 0 heterocycles. The number of aliphatic hydroxyl groups is 2. The lowest BCUT2D eigenvalue weighted by Crippen LogP contribution is -2.36. The summed E-state index contributed by atoms with van der Waals surface area (Å²) in [5.41, 5.74) is -2.32. The van der Waals surface area contributed by atoms with E-state index in [1.807, 2.05) is 6.08 Å². The Labute approximate surface area is 168 Å². The third-order valence-electron chi connectivity index (χ3n) is 6.18. The standard InChI is InChI=1S/C22H37F2O4/c1-3-4-9-13-21(2,28)15-16-22(20(23)24)14-12-18(25)17(22)10-7-5-6-8-11-19(26)27/h5,7,17-18,25,28H,3-4,6,8-16H2,1-2H3,(H,26,27)/b7-5-/t17-,18-,21?,22+/m0/s1. The van der Waals surface area contributed by atoms with Gasteiger partial charge in [-0.15, -0.1) is 0 Å². The molecule has 1 fully saturated rings. The molecule has 1 rings (SSSR count). The van der Waals surface area contributed by atoms with Gasteiger partial charge in [0.2, 0.25) is 0 Å². The van der Waals surface area contributed by atoms with E-state index in [9.17, 15) is 23.8 Å². The van der Waals surface area contributed by atoms with Crippen LogP contribution in [0.4, 0.5) is 8.78 Å². The van der Waals surface area contributed by atoms with Crippen molar-refractivity contribution in [1.29, 1.82) is 0 Å². The summed E-state index contributed by atoms with van der Waals surface area (Å²) in [4.78, 5) is 10.5. The number of aliphatic hydroxyl groups excluding tert-OH is 1. The van der Waals surface area contributed by atoms with Gasteiger partial charge in [0.05, 0.1) is 11.7 Å². The van der Waals surface area contributed by atoms with Crippen molar-refractivity contribution >= 4 is 5.97 Å². The first-order chi connectivity index (χ1) is 13.1. The molecule has 0 amide bonds. The van der Waals surface area contributed by atoms with Crippen molar-refractivity contribution < 1.29 is 28.9 Å². The summed E-state index contributed by atoms with van der Waals surface area (Å²) in [5, 5.41) is 29.6. The predicted molar refractivity (Wildman–Crippen MR) is 106 cm³/mol. The number of unbranched alkanes of at least 4 members (excludes halogenated alkanes) is 3. The lowest BCUT2D eigenvalue weighted by atomic mass is 9.70. The van der Waals surface area contributed by atoms with Crippen LogP contribution in [0.25, 0.3) is 0 Å². The van der Waals surface area contributed by atoms with E-state index in [2.05, 4.69) is 6.92 Å². The molecule has 28 heavy (non-hydrogen) atoms. The zero-order valence-electron chi connectivity index (χ0n) is 17.3. The lowest BCUT2D eigenvalue weighted by Gasteiger charge is -2.37. The molecule has 0 saturated heterocycles. The molecule has 1 saturated carbocycles. The van der Waals surface area contributed by atoms with Crippen molar-refractivity contribution in [1.82, 2.24) is 0 Å². The first kappa shape index (κ1) is 25.0. The second-order valence-corrected chi connectivity index (χ2v) is 8.58. The van der Waals surface area contributed by atoms with E-state index in [-0.39, 0.29) is 19.3 Å². The first-order valence-electron chi connectivity index (χ1n) is 10.6. The summed E-state index contributed by atoms with van der Waals surface area (Å²) in [6.07, 6.45) is 7.26. The first-order valence-corrected chi connectivity index (χ1v) is 10.6. The van der Waals surface area contributed by atoms with Gasteiger partial charge < -0.3 is 15.3 Å². The van der Waals surface area contributed by atoms with Gasteiger partial charge >= 0.3 is 12.4 Å². The number of carbonyl (C=O) groups is 1. The Bertz CT molecular complexity index is 493. The number of halogens is 2. The minimum absolute atomic E-state index is 0.0837. The van der Waals surface area contributed by atoms with Crippen molar-refractivity contribution in [2.24, 2.45) is 11.3 Å². The number of rotatable bonds is 14. The van der Waals surface area contributed by atoms with E-state index in [1.165, 1.54) is 0 Å². The van der Waals surface area contributed by atoms with Crippen molar-refractivity contribution in [3.8, 4) is 0 Å². The normalized spacial score (nSPS) is 27.5. The van der Waals surface area contributed by atoms with Crippen LogP contribution >= 0.6 is 0 Å². The molecule has 0 aliphatic heterocycles. The molecule has 0 aromatic rings. The predicted octanol–water partition coefficient (Wildman–Crippen LogP) is 5.48. The molecule has 163 valence electrons. The number of carboxylic acids is 1. The van der Waals surface area contributed by atoms with Crippen LogP contribution in [0.5, 0.6) is 0 Å². The molecule has 1 aliphatic carbocycles. The number of hydrogen-bond acceptors (Lipinski definition) is 3. The van der Waals surface area contributed by atoms with Crippen molar-refractivity contribution in [3.05, 3.63) is 18.6 Å². The molecule has 4 nitrogen and oxygen atoms in total. The molecule has 4 atom stereocenters. The van der Waals surface area contributed by atoms with E-state index < -0.39 is 35.4 Å². The maximum atomic E-state index is 14.1. The summed E-state index contributed by atoms with van der Waals surface area (Å²) in [5.74, 6) is -1.42. The monoisotopic (exact) mass is 403 g/mol. The Morgan fingerprint density at radius 1 is 1.21 bits per heavy atom. The Morgan fingerprint density at radius 3 is 2.54 bits per heavy atom. The fraction of sp³-hybridized carbons (Fsp3) is 0.818. The number of aliphatic carboxylic acids is 1. The third-order valence-corrected chi connectivity index (χ3v) is 6.18. The smallest absolute Gasteiger partial charge is 0.316 e. The molecule has 0 spiro atoms. The summed E-state index contributed by atoms with van der Waals surface area (Å²) < 4.78 is 28.1. The van der Waals surface area contributed by atoms with Crippen LogP contribution in [0, 0.1) is 17.8 Å². The maximum absolute atomic E-state index is 14.1. The van der Waals surface area contributed by atoms with E-state index >= 15 is 0 Å². The highest BCUT2D eigenvalue weighted by Gasteiger charge is 2.54. The topological polar surface area (TPSA) is 77.8 Å². The Hall–Kier alpha value is -1.01. The molecule has 1 unspecified atom stereocenters. The van der Waals surface area contributed by atoms with Gasteiger partial charge in [0.1, 0.15) is 0 Å². The van der Waals surface area contributed by atoms with Crippen molar-refractivity contribution in [3.63, 3.8) is 0 Å². The Morgan fingerprint density at radius 2 is 1.93 bits per heavy atom.